The number of aliphatic hydroxyl groups is 2. The molecule has 0 aliphatic rings. The Kier molecular flexibility index (Phi) is 5.75. The molecule has 0 aliphatic heterocycles. The number of rotatable bonds is 7. The summed E-state index contributed by atoms with van der Waals surface area (Å²) in [5.41, 5.74) is 6.21. The first-order chi connectivity index (χ1) is 8.95. The summed E-state index contributed by atoms with van der Waals surface area (Å²) < 4.78 is 5.22. The molecular formula is C13H19NO5. The minimum absolute atomic E-state index is 0.257. The van der Waals surface area contributed by atoms with E-state index < -0.39 is 24.2 Å². The lowest BCUT2D eigenvalue weighted by atomic mass is 9.93. The second kappa shape index (κ2) is 7.08. The largest absolute Gasteiger partial charge is 0.480 e. The Morgan fingerprint density at radius 1 is 1.42 bits per heavy atom. The van der Waals surface area contributed by atoms with E-state index in [-0.39, 0.29) is 13.0 Å². The van der Waals surface area contributed by atoms with Crippen LogP contribution in [0.5, 0.6) is 5.75 Å². The number of hydrogen-bond acceptors (Lipinski definition) is 5. The average Bonchev–Trinajstić information content (AvgIpc) is 2.36. The highest BCUT2D eigenvalue weighted by Crippen LogP contribution is 2.23. The Labute approximate surface area is 111 Å². The average molecular weight is 269 g/mol. The van der Waals surface area contributed by atoms with Crippen LogP contribution in [0.25, 0.3) is 0 Å². The number of ether oxygens (including phenoxy) is 1. The van der Waals surface area contributed by atoms with Crippen LogP contribution in [0.3, 0.4) is 0 Å². The first-order valence-electron chi connectivity index (χ1n) is 5.97. The molecule has 0 aliphatic carbocycles. The molecule has 0 aromatic heterocycles. The van der Waals surface area contributed by atoms with E-state index >= 15 is 0 Å². The van der Waals surface area contributed by atoms with E-state index in [1.54, 1.807) is 24.3 Å². The van der Waals surface area contributed by atoms with Crippen LogP contribution in [-0.2, 0) is 11.2 Å². The molecule has 0 bridgehead atoms. The summed E-state index contributed by atoms with van der Waals surface area (Å²) in [7, 11) is 0. The predicted molar refractivity (Wildman–Crippen MR) is 68.6 cm³/mol. The Bertz CT molecular complexity index is 421. The molecule has 106 valence electrons. The molecule has 3 atom stereocenters. The Morgan fingerprint density at radius 3 is 2.58 bits per heavy atom. The van der Waals surface area contributed by atoms with E-state index in [1.165, 1.54) is 6.92 Å². The van der Waals surface area contributed by atoms with Crippen LogP contribution in [0.15, 0.2) is 24.3 Å². The molecule has 0 spiro atoms. The van der Waals surface area contributed by atoms with Crippen molar-refractivity contribution in [3.8, 4) is 5.75 Å². The van der Waals surface area contributed by atoms with Crippen LogP contribution in [0.1, 0.15) is 12.5 Å². The van der Waals surface area contributed by atoms with Gasteiger partial charge in [0.1, 0.15) is 11.8 Å². The van der Waals surface area contributed by atoms with Crippen LogP contribution in [0.2, 0.25) is 0 Å². The maximum atomic E-state index is 10.8. The number of carboxylic acid groups (broad SMARTS) is 1. The van der Waals surface area contributed by atoms with Gasteiger partial charge in [-0.3, -0.25) is 4.79 Å². The number of carboxylic acids is 1. The third kappa shape index (κ3) is 4.51. The standard InChI is InChI=1S/C13H19NO5/c1-8(16)19-11-5-3-2-4-9(11)6-10(7-15)12(14)13(17)18/h2-5,8,10,12,15-16H,6-7,14H2,1H3,(H,17,18). The fourth-order valence-electron chi connectivity index (χ4n) is 1.76. The molecule has 0 heterocycles. The third-order valence-electron chi connectivity index (χ3n) is 2.78. The summed E-state index contributed by atoms with van der Waals surface area (Å²) in [6, 6.07) is 5.78. The Hall–Kier alpha value is -1.63. The molecule has 6 nitrogen and oxygen atoms in total. The Balaban J connectivity index is 2.87. The summed E-state index contributed by atoms with van der Waals surface area (Å²) in [5.74, 6) is -1.32. The maximum Gasteiger partial charge on any atom is 0.320 e. The van der Waals surface area contributed by atoms with Gasteiger partial charge >= 0.3 is 5.97 Å². The topological polar surface area (TPSA) is 113 Å². The van der Waals surface area contributed by atoms with Gasteiger partial charge < -0.3 is 25.8 Å². The van der Waals surface area contributed by atoms with Crippen molar-refractivity contribution in [3.05, 3.63) is 29.8 Å². The zero-order valence-corrected chi connectivity index (χ0v) is 10.7. The maximum absolute atomic E-state index is 10.8. The second-order valence-corrected chi connectivity index (χ2v) is 4.34. The van der Waals surface area contributed by atoms with Gasteiger partial charge in [-0.05, 0) is 25.0 Å². The van der Waals surface area contributed by atoms with Crippen LogP contribution >= 0.6 is 0 Å². The number of nitrogens with two attached hydrogens (primary N) is 1. The summed E-state index contributed by atoms with van der Waals surface area (Å²) in [6.07, 6.45) is -0.714. The fourth-order valence-corrected chi connectivity index (χ4v) is 1.76. The molecule has 0 radical (unpaired) electrons. The molecule has 1 aromatic rings. The molecule has 5 N–H and O–H groups in total. The van der Waals surface area contributed by atoms with E-state index in [0.717, 1.165) is 0 Å². The van der Waals surface area contributed by atoms with Gasteiger partial charge in [-0.15, -0.1) is 0 Å². The van der Waals surface area contributed by atoms with Gasteiger partial charge in [0.05, 0.1) is 0 Å². The highest BCUT2D eigenvalue weighted by Gasteiger charge is 2.25. The molecule has 3 unspecified atom stereocenters. The van der Waals surface area contributed by atoms with E-state index in [4.69, 9.17) is 15.6 Å². The highest BCUT2D eigenvalue weighted by molar-refractivity contribution is 5.73. The molecule has 0 fully saturated rings. The zero-order chi connectivity index (χ0) is 14.4. The zero-order valence-electron chi connectivity index (χ0n) is 10.7. The Morgan fingerprint density at radius 2 is 2.05 bits per heavy atom. The van der Waals surface area contributed by atoms with E-state index in [0.29, 0.717) is 11.3 Å². The number of benzene rings is 1. The minimum Gasteiger partial charge on any atom is -0.480 e. The van der Waals surface area contributed by atoms with Gasteiger partial charge in [-0.2, -0.15) is 0 Å². The predicted octanol–water partition coefficient (Wildman–Crippen LogP) is -0.0334. The number of aliphatic carboxylic acids is 1. The normalized spacial score (nSPS) is 15.6. The summed E-state index contributed by atoms with van der Waals surface area (Å²) in [5, 5.41) is 27.3. The van der Waals surface area contributed by atoms with Crippen LogP contribution in [-0.4, -0.2) is 40.2 Å². The van der Waals surface area contributed by atoms with Gasteiger partial charge in [-0.1, -0.05) is 18.2 Å². The second-order valence-electron chi connectivity index (χ2n) is 4.34. The van der Waals surface area contributed by atoms with Gasteiger partial charge in [0, 0.05) is 12.5 Å². The first-order valence-corrected chi connectivity index (χ1v) is 5.97. The number of para-hydroxylation sites is 1. The summed E-state index contributed by atoms with van der Waals surface area (Å²) in [4.78, 5) is 10.8. The summed E-state index contributed by atoms with van der Waals surface area (Å²) >= 11 is 0. The lowest BCUT2D eigenvalue weighted by Gasteiger charge is -2.20. The van der Waals surface area contributed by atoms with Crippen molar-refractivity contribution in [2.24, 2.45) is 11.7 Å². The molecule has 1 rings (SSSR count). The molecule has 19 heavy (non-hydrogen) atoms. The lowest BCUT2D eigenvalue weighted by Crippen LogP contribution is -2.40. The molecule has 6 heteroatoms. The van der Waals surface area contributed by atoms with E-state index in [9.17, 15) is 15.0 Å². The quantitative estimate of drug-likeness (QED) is 0.517. The first kappa shape index (κ1) is 15.4. The van der Waals surface area contributed by atoms with Crippen molar-refractivity contribution in [2.75, 3.05) is 6.61 Å². The minimum atomic E-state index is -1.16. The van der Waals surface area contributed by atoms with Crippen molar-refractivity contribution < 1.29 is 24.9 Å². The van der Waals surface area contributed by atoms with Crippen molar-refractivity contribution >= 4 is 5.97 Å². The molecular weight excluding hydrogens is 250 g/mol. The van der Waals surface area contributed by atoms with Gasteiger partial charge in [0.2, 0.25) is 0 Å². The van der Waals surface area contributed by atoms with Gasteiger partial charge in [0.15, 0.2) is 6.29 Å². The summed E-state index contributed by atoms with van der Waals surface area (Å²) in [6.45, 7) is 1.14. The van der Waals surface area contributed by atoms with Crippen molar-refractivity contribution in [1.29, 1.82) is 0 Å². The van der Waals surface area contributed by atoms with Crippen LogP contribution in [0, 0.1) is 5.92 Å². The van der Waals surface area contributed by atoms with Crippen LogP contribution < -0.4 is 10.5 Å². The smallest absolute Gasteiger partial charge is 0.320 e. The highest BCUT2D eigenvalue weighted by atomic mass is 16.6. The molecule has 0 amide bonds. The van der Waals surface area contributed by atoms with Crippen LogP contribution in [0.4, 0.5) is 0 Å². The number of carbonyl (C=O) groups is 1. The fraction of sp³-hybridized carbons (Fsp3) is 0.462. The van der Waals surface area contributed by atoms with Crippen molar-refractivity contribution in [2.45, 2.75) is 25.7 Å². The van der Waals surface area contributed by atoms with Crippen molar-refractivity contribution in [1.82, 2.24) is 0 Å². The number of hydrogen-bond donors (Lipinski definition) is 4. The monoisotopic (exact) mass is 269 g/mol. The molecule has 0 saturated heterocycles. The molecule has 1 aromatic carbocycles. The third-order valence-corrected chi connectivity index (χ3v) is 2.78. The van der Waals surface area contributed by atoms with Gasteiger partial charge in [0.25, 0.3) is 0 Å². The van der Waals surface area contributed by atoms with E-state index in [2.05, 4.69) is 0 Å². The van der Waals surface area contributed by atoms with Gasteiger partial charge in [-0.25, -0.2) is 0 Å². The van der Waals surface area contributed by atoms with E-state index in [1.807, 2.05) is 0 Å². The van der Waals surface area contributed by atoms with Crippen molar-refractivity contribution in [3.63, 3.8) is 0 Å². The molecule has 0 saturated carbocycles. The SMILES string of the molecule is CC(O)Oc1ccccc1CC(CO)C(N)C(=O)O. The number of aliphatic hydroxyl groups excluding tert-OH is 2. The lowest BCUT2D eigenvalue weighted by molar-refractivity contribution is -0.140.